The summed E-state index contributed by atoms with van der Waals surface area (Å²) in [6.07, 6.45) is 0. The molecule has 0 aromatic carbocycles. The number of sulfone groups is 1. The zero-order valence-electron chi connectivity index (χ0n) is 4.39. The van der Waals surface area contributed by atoms with Crippen molar-refractivity contribution >= 4 is 33.0 Å². The average Bonchev–Trinajstić information content (AvgIpc) is 1.65. The van der Waals surface area contributed by atoms with Gasteiger partial charge in [-0.25, -0.2) is 8.42 Å². The highest BCUT2D eigenvalue weighted by atomic mass is 35.5. The lowest BCUT2D eigenvalue weighted by atomic mass is 11.2. The zero-order chi connectivity index (χ0) is 7.65. The van der Waals surface area contributed by atoms with Gasteiger partial charge in [0.25, 0.3) is 0 Å². The highest BCUT2D eigenvalue weighted by Gasteiger charge is 2.15. The molecule has 0 spiro atoms. The largest absolute Gasteiger partial charge is 0.226 e. The van der Waals surface area contributed by atoms with Crippen molar-refractivity contribution in [2.75, 3.05) is 0 Å². The molecule has 0 aromatic rings. The third kappa shape index (κ3) is 2.01. The topological polar surface area (TPSA) is 34.1 Å². The second-order valence-electron chi connectivity index (χ2n) is 1.21. The summed E-state index contributed by atoms with van der Waals surface area (Å²) in [6, 6.07) is 0. The summed E-state index contributed by atoms with van der Waals surface area (Å²) in [4.78, 5) is 0. The van der Waals surface area contributed by atoms with E-state index in [1.165, 1.54) is 0 Å². The van der Waals surface area contributed by atoms with E-state index in [2.05, 4.69) is 13.2 Å². The molecule has 0 radical (unpaired) electrons. The van der Waals surface area contributed by atoms with Gasteiger partial charge in [0.05, 0.1) is 0 Å². The van der Waals surface area contributed by atoms with Crippen molar-refractivity contribution in [1.82, 2.24) is 0 Å². The summed E-state index contributed by atoms with van der Waals surface area (Å²) >= 11 is 10.1. The smallest absolute Gasteiger partial charge is 0.217 e. The van der Waals surface area contributed by atoms with E-state index >= 15 is 0 Å². The predicted molar refractivity (Wildman–Crippen MR) is 38.9 cm³/mol. The van der Waals surface area contributed by atoms with Crippen LogP contribution in [-0.2, 0) is 9.84 Å². The first-order chi connectivity index (χ1) is 3.89. The van der Waals surface area contributed by atoms with Gasteiger partial charge in [-0.1, -0.05) is 36.4 Å². The van der Waals surface area contributed by atoms with Crippen LogP contribution in [0.5, 0.6) is 0 Å². The zero-order valence-corrected chi connectivity index (χ0v) is 6.72. The molecular formula is C4H4Cl2O2S. The van der Waals surface area contributed by atoms with Gasteiger partial charge in [-0.2, -0.15) is 0 Å². The number of rotatable bonds is 2. The lowest BCUT2D eigenvalue weighted by molar-refractivity contribution is 0.611. The minimum Gasteiger partial charge on any atom is -0.217 e. The van der Waals surface area contributed by atoms with E-state index in [-0.39, 0.29) is 0 Å². The molecule has 0 atom stereocenters. The summed E-state index contributed by atoms with van der Waals surface area (Å²) in [7, 11) is -3.67. The Kier molecular flexibility index (Phi) is 2.73. The molecule has 9 heavy (non-hydrogen) atoms. The maximum Gasteiger partial charge on any atom is 0.226 e. The van der Waals surface area contributed by atoms with Crippen LogP contribution in [0.4, 0.5) is 0 Å². The molecule has 0 N–H and O–H groups in total. The molecule has 5 heteroatoms. The summed E-state index contributed by atoms with van der Waals surface area (Å²) < 4.78 is 20.1. The second kappa shape index (κ2) is 2.73. The van der Waals surface area contributed by atoms with Gasteiger partial charge in [-0.3, -0.25) is 0 Å². The fraction of sp³-hybridized carbons (Fsp3) is 0. The Morgan fingerprint density at radius 3 is 1.33 bits per heavy atom. The molecule has 0 aliphatic heterocycles. The lowest BCUT2D eigenvalue weighted by Gasteiger charge is -1.94. The van der Waals surface area contributed by atoms with Gasteiger partial charge in [0.2, 0.25) is 9.84 Å². The Balaban J connectivity index is 4.87. The predicted octanol–water partition coefficient (Wildman–Crippen LogP) is 1.82. The molecule has 0 amide bonds. The second-order valence-corrected chi connectivity index (χ2v) is 4.57. The lowest BCUT2D eigenvalue weighted by Crippen LogP contribution is -1.95. The molecule has 0 aliphatic rings. The maximum absolute atomic E-state index is 10.6. The fourth-order valence-corrected chi connectivity index (χ4v) is 1.04. The van der Waals surface area contributed by atoms with Gasteiger partial charge in [-0.15, -0.1) is 0 Å². The van der Waals surface area contributed by atoms with Gasteiger partial charge in [0.15, 0.2) is 0 Å². The van der Waals surface area contributed by atoms with Crippen molar-refractivity contribution in [3.63, 3.8) is 0 Å². The normalized spacial score (nSPS) is 10.9. The molecule has 0 aliphatic carbocycles. The van der Waals surface area contributed by atoms with Crippen LogP contribution in [-0.4, -0.2) is 8.42 Å². The van der Waals surface area contributed by atoms with E-state index in [4.69, 9.17) is 23.2 Å². The SMILES string of the molecule is C=C(Cl)S(=O)(=O)C(=C)Cl. The Labute approximate surface area is 63.7 Å². The van der Waals surface area contributed by atoms with Crippen LogP contribution >= 0.6 is 23.2 Å². The Morgan fingerprint density at radius 1 is 1.11 bits per heavy atom. The average molecular weight is 187 g/mol. The van der Waals surface area contributed by atoms with Crippen LogP contribution in [0.1, 0.15) is 0 Å². The van der Waals surface area contributed by atoms with E-state index in [0.717, 1.165) is 0 Å². The van der Waals surface area contributed by atoms with Gasteiger partial charge in [-0.05, 0) is 0 Å². The molecular weight excluding hydrogens is 183 g/mol. The molecule has 0 bridgehead atoms. The molecule has 0 saturated carbocycles. The third-order valence-corrected chi connectivity index (χ3v) is 2.97. The molecule has 0 saturated heterocycles. The van der Waals surface area contributed by atoms with E-state index in [0.29, 0.717) is 0 Å². The van der Waals surface area contributed by atoms with Gasteiger partial charge in [0.1, 0.15) is 8.73 Å². The van der Waals surface area contributed by atoms with Crippen LogP contribution in [0.2, 0.25) is 0 Å². The van der Waals surface area contributed by atoms with E-state index in [9.17, 15) is 8.42 Å². The minimum atomic E-state index is -3.67. The van der Waals surface area contributed by atoms with Crippen LogP contribution in [0.3, 0.4) is 0 Å². The Bertz CT molecular complexity index is 219. The van der Waals surface area contributed by atoms with Crippen molar-refractivity contribution in [1.29, 1.82) is 0 Å². The van der Waals surface area contributed by atoms with Crippen molar-refractivity contribution < 1.29 is 8.42 Å². The highest BCUT2D eigenvalue weighted by molar-refractivity contribution is 8.01. The molecule has 0 unspecified atom stereocenters. The van der Waals surface area contributed by atoms with E-state index in [1.54, 1.807) is 0 Å². The summed E-state index contributed by atoms with van der Waals surface area (Å²) in [5.41, 5.74) is 0. The molecule has 0 heterocycles. The van der Waals surface area contributed by atoms with Crippen molar-refractivity contribution in [2.45, 2.75) is 0 Å². The number of hydrogen-bond acceptors (Lipinski definition) is 2. The van der Waals surface area contributed by atoms with Crippen molar-refractivity contribution in [3.05, 3.63) is 21.9 Å². The molecule has 0 rings (SSSR count). The quantitative estimate of drug-likeness (QED) is 0.660. The standard InChI is InChI=1S/C4H4Cl2O2S/c1-3(5)9(7,8)4(2)6/h1-2H2. The van der Waals surface area contributed by atoms with Crippen molar-refractivity contribution in [2.24, 2.45) is 0 Å². The van der Waals surface area contributed by atoms with E-state index in [1.807, 2.05) is 0 Å². The monoisotopic (exact) mass is 186 g/mol. The molecule has 0 fully saturated rings. The fourth-order valence-electron chi connectivity index (χ4n) is 0.120. The van der Waals surface area contributed by atoms with Crippen LogP contribution in [0.25, 0.3) is 0 Å². The first-order valence-corrected chi connectivity index (χ1v) is 4.07. The summed E-state index contributed by atoms with van der Waals surface area (Å²) in [5.74, 6) is 0. The van der Waals surface area contributed by atoms with Gasteiger partial charge < -0.3 is 0 Å². The summed E-state index contributed by atoms with van der Waals surface area (Å²) in [6.45, 7) is 5.96. The summed E-state index contributed by atoms with van der Waals surface area (Å²) in [5, 5.41) is 0. The Morgan fingerprint density at radius 2 is 1.33 bits per heavy atom. The van der Waals surface area contributed by atoms with Crippen LogP contribution in [0.15, 0.2) is 21.9 Å². The van der Waals surface area contributed by atoms with Gasteiger partial charge in [0, 0.05) is 0 Å². The first-order valence-electron chi connectivity index (χ1n) is 1.83. The van der Waals surface area contributed by atoms with Crippen LogP contribution < -0.4 is 0 Å². The minimum absolute atomic E-state index is 0.512. The van der Waals surface area contributed by atoms with E-state index < -0.39 is 18.6 Å². The Hall–Kier alpha value is 0.01000. The molecule has 52 valence electrons. The molecule has 2 nitrogen and oxygen atoms in total. The van der Waals surface area contributed by atoms with Gasteiger partial charge >= 0.3 is 0 Å². The molecule has 0 aromatic heterocycles. The number of hydrogen-bond donors (Lipinski definition) is 0. The first kappa shape index (κ1) is 9.01. The van der Waals surface area contributed by atoms with Crippen molar-refractivity contribution in [3.8, 4) is 0 Å². The third-order valence-electron chi connectivity index (χ3n) is 0.583. The highest BCUT2D eigenvalue weighted by Crippen LogP contribution is 2.19. The number of halogens is 2. The van der Waals surface area contributed by atoms with Crippen LogP contribution in [0, 0.1) is 0 Å². The maximum atomic E-state index is 10.6.